The summed E-state index contributed by atoms with van der Waals surface area (Å²) in [5.74, 6) is 1.34. The van der Waals surface area contributed by atoms with Crippen molar-refractivity contribution in [2.75, 3.05) is 6.61 Å². The Morgan fingerprint density at radius 3 is 2.69 bits per heavy atom. The molecule has 0 radical (unpaired) electrons. The van der Waals surface area contributed by atoms with Crippen LogP contribution in [0.1, 0.15) is 72.1 Å². The van der Waals surface area contributed by atoms with Gasteiger partial charge in [0.2, 0.25) is 0 Å². The first kappa shape index (κ1) is 19.7. The van der Waals surface area contributed by atoms with Crippen LogP contribution in [0.25, 0.3) is 0 Å². The number of hydrogen-bond acceptors (Lipinski definition) is 5. The first-order chi connectivity index (χ1) is 13.7. The summed E-state index contributed by atoms with van der Waals surface area (Å²) >= 11 is 0. The summed E-state index contributed by atoms with van der Waals surface area (Å²) in [4.78, 5) is 23.2. The van der Waals surface area contributed by atoms with Gasteiger partial charge in [0.15, 0.2) is 0 Å². The second-order valence-corrected chi connectivity index (χ2v) is 11.0. The van der Waals surface area contributed by atoms with Crippen molar-refractivity contribution in [1.82, 2.24) is 5.32 Å². The minimum Gasteiger partial charge on any atom is -0.463 e. The van der Waals surface area contributed by atoms with E-state index in [1.54, 1.807) is 0 Å². The number of aliphatic hydroxyl groups is 1. The molecule has 162 valence electrons. The highest BCUT2D eigenvalue weighted by Crippen LogP contribution is 2.69. The SMILES string of the molecule is CC(=O)O[C@H]1CC[C@@]2(C)[C@H](CC[C@@H]3[C@@H]2CC[C@]2(C)[C@H]4COC(=O)N[C@H]4C[C@]32O)C1. The Morgan fingerprint density at radius 1 is 1.14 bits per heavy atom. The van der Waals surface area contributed by atoms with Gasteiger partial charge < -0.3 is 19.9 Å². The Bertz CT molecular complexity index is 726. The zero-order chi connectivity index (χ0) is 20.6. The number of nitrogens with one attached hydrogen (secondary N) is 1. The third-order valence-electron chi connectivity index (χ3n) is 10.1. The summed E-state index contributed by atoms with van der Waals surface area (Å²) < 4.78 is 10.9. The zero-order valence-electron chi connectivity index (χ0n) is 17.9. The highest BCUT2D eigenvalue weighted by molar-refractivity contribution is 5.68. The van der Waals surface area contributed by atoms with Gasteiger partial charge in [-0.3, -0.25) is 4.79 Å². The van der Waals surface area contributed by atoms with Crippen LogP contribution in [0.15, 0.2) is 0 Å². The molecule has 1 saturated heterocycles. The molecule has 1 aliphatic heterocycles. The molecule has 5 rings (SSSR count). The monoisotopic (exact) mass is 405 g/mol. The molecular formula is C23H35NO5. The Hall–Kier alpha value is -1.30. The van der Waals surface area contributed by atoms with Crippen molar-refractivity contribution in [2.24, 2.45) is 34.5 Å². The third kappa shape index (κ3) is 2.63. The fraction of sp³-hybridized carbons (Fsp3) is 0.913. The van der Waals surface area contributed by atoms with E-state index in [0.717, 1.165) is 44.9 Å². The van der Waals surface area contributed by atoms with E-state index >= 15 is 0 Å². The molecule has 6 nitrogen and oxygen atoms in total. The van der Waals surface area contributed by atoms with Crippen LogP contribution < -0.4 is 5.32 Å². The van der Waals surface area contributed by atoms with Crippen LogP contribution in [0, 0.1) is 34.5 Å². The van der Waals surface area contributed by atoms with Gasteiger partial charge in [0.05, 0.1) is 12.2 Å². The molecule has 9 atom stereocenters. The number of amides is 1. The quantitative estimate of drug-likeness (QED) is 0.653. The van der Waals surface area contributed by atoms with Crippen LogP contribution in [-0.2, 0) is 14.3 Å². The largest absolute Gasteiger partial charge is 0.463 e. The van der Waals surface area contributed by atoms with Gasteiger partial charge >= 0.3 is 12.1 Å². The van der Waals surface area contributed by atoms with Crippen LogP contribution >= 0.6 is 0 Å². The van der Waals surface area contributed by atoms with E-state index in [-0.39, 0.29) is 46.9 Å². The number of alkyl carbamates (subject to hydrolysis) is 1. The number of esters is 1. The number of carbonyl (C=O) groups excluding carboxylic acids is 2. The summed E-state index contributed by atoms with van der Waals surface area (Å²) in [6, 6.07) is 0.0234. The van der Waals surface area contributed by atoms with Crippen molar-refractivity contribution in [3.8, 4) is 0 Å². The molecule has 5 aliphatic rings. The second-order valence-electron chi connectivity index (χ2n) is 11.0. The van der Waals surface area contributed by atoms with Crippen LogP contribution in [-0.4, -0.2) is 41.5 Å². The topological polar surface area (TPSA) is 84.9 Å². The maximum Gasteiger partial charge on any atom is 0.407 e. The minimum absolute atomic E-state index is 0.0234. The summed E-state index contributed by atoms with van der Waals surface area (Å²) in [5.41, 5.74) is -0.748. The fourth-order valence-electron chi connectivity index (χ4n) is 8.52. The van der Waals surface area contributed by atoms with Crippen LogP contribution in [0.2, 0.25) is 0 Å². The second kappa shape index (κ2) is 6.35. The Morgan fingerprint density at radius 2 is 1.93 bits per heavy atom. The van der Waals surface area contributed by atoms with Crippen molar-refractivity contribution in [3.05, 3.63) is 0 Å². The predicted octanol–water partition coefficient (Wildman–Crippen LogP) is 3.41. The lowest BCUT2D eigenvalue weighted by molar-refractivity contribution is -0.213. The van der Waals surface area contributed by atoms with Gasteiger partial charge in [-0.2, -0.15) is 0 Å². The highest BCUT2D eigenvalue weighted by atomic mass is 16.6. The molecule has 0 spiro atoms. The Labute approximate surface area is 173 Å². The number of rotatable bonds is 1. The number of hydrogen-bond donors (Lipinski definition) is 2. The van der Waals surface area contributed by atoms with Gasteiger partial charge in [-0.1, -0.05) is 13.8 Å². The minimum atomic E-state index is -0.743. The number of ether oxygens (including phenoxy) is 2. The highest BCUT2D eigenvalue weighted by Gasteiger charge is 2.70. The van der Waals surface area contributed by atoms with Crippen molar-refractivity contribution in [2.45, 2.75) is 89.9 Å². The molecule has 0 aromatic rings. The van der Waals surface area contributed by atoms with Crippen LogP contribution in [0.4, 0.5) is 4.79 Å². The number of carbonyl (C=O) groups is 2. The standard InChI is InChI=1S/C23H35NO5/c1-13(25)29-15-6-8-21(2)14(10-15)4-5-17-16(21)7-9-22(3)18-12-28-20(26)24-19(18)11-23(17,22)27/h14-19,27H,4-12H2,1-3H3,(H,24,26)/t14-,15+,16+,17-,18+,19+,21+,22-,23+/m1/s1. The lowest BCUT2D eigenvalue weighted by atomic mass is 9.43. The van der Waals surface area contributed by atoms with Gasteiger partial charge in [0.25, 0.3) is 0 Å². The molecule has 1 amide bonds. The van der Waals surface area contributed by atoms with Gasteiger partial charge in [0.1, 0.15) is 6.10 Å². The van der Waals surface area contributed by atoms with Crippen molar-refractivity contribution >= 4 is 12.1 Å². The summed E-state index contributed by atoms with van der Waals surface area (Å²) in [7, 11) is 0. The van der Waals surface area contributed by atoms with Crippen LogP contribution in [0.5, 0.6) is 0 Å². The van der Waals surface area contributed by atoms with Gasteiger partial charge in [0, 0.05) is 24.3 Å². The first-order valence-corrected chi connectivity index (χ1v) is 11.5. The molecule has 1 heterocycles. The number of fused-ring (bicyclic) bond motifs is 7. The molecule has 0 aromatic heterocycles. The predicted molar refractivity (Wildman–Crippen MR) is 106 cm³/mol. The molecule has 29 heavy (non-hydrogen) atoms. The van der Waals surface area contributed by atoms with Gasteiger partial charge in [-0.15, -0.1) is 0 Å². The molecule has 0 aromatic carbocycles. The van der Waals surface area contributed by atoms with E-state index in [9.17, 15) is 14.7 Å². The molecule has 0 bridgehead atoms. The lowest BCUT2D eigenvalue weighted by Gasteiger charge is -2.63. The molecule has 6 heteroatoms. The van der Waals surface area contributed by atoms with Crippen molar-refractivity contribution in [1.29, 1.82) is 0 Å². The molecule has 5 fully saturated rings. The molecule has 2 N–H and O–H groups in total. The molecule has 4 aliphatic carbocycles. The van der Waals surface area contributed by atoms with Gasteiger partial charge in [-0.25, -0.2) is 4.79 Å². The average molecular weight is 406 g/mol. The van der Waals surface area contributed by atoms with E-state index in [1.807, 2.05) is 0 Å². The fourth-order valence-corrected chi connectivity index (χ4v) is 8.52. The average Bonchev–Trinajstić information content (AvgIpc) is 2.88. The smallest absolute Gasteiger partial charge is 0.407 e. The number of cyclic esters (lactones) is 1. The summed E-state index contributed by atoms with van der Waals surface area (Å²) in [5, 5.41) is 15.2. The lowest BCUT2D eigenvalue weighted by Crippen LogP contribution is -2.62. The molecule has 0 unspecified atom stereocenters. The van der Waals surface area contributed by atoms with Gasteiger partial charge in [-0.05, 0) is 74.5 Å². The normalized spacial score (nSPS) is 53.4. The Kier molecular flexibility index (Phi) is 4.30. The summed E-state index contributed by atoms with van der Waals surface area (Å²) in [6.07, 6.45) is 7.56. The maximum absolute atomic E-state index is 12.2. The van der Waals surface area contributed by atoms with E-state index in [0.29, 0.717) is 24.9 Å². The molecule has 4 saturated carbocycles. The van der Waals surface area contributed by atoms with E-state index < -0.39 is 5.60 Å². The van der Waals surface area contributed by atoms with E-state index in [4.69, 9.17) is 9.47 Å². The van der Waals surface area contributed by atoms with E-state index in [2.05, 4.69) is 19.2 Å². The van der Waals surface area contributed by atoms with Crippen molar-refractivity contribution < 1.29 is 24.2 Å². The Balaban J connectivity index is 1.41. The van der Waals surface area contributed by atoms with E-state index in [1.165, 1.54) is 6.92 Å². The third-order valence-corrected chi connectivity index (χ3v) is 10.1. The van der Waals surface area contributed by atoms with Crippen LogP contribution in [0.3, 0.4) is 0 Å². The summed E-state index contributed by atoms with van der Waals surface area (Å²) in [6.45, 7) is 6.60. The zero-order valence-corrected chi connectivity index (χ0v) is 17.9. The maximum atomic E-state index is 12.2. The van der Waals surface area contributed by atoms with Crippen molar-refractivity contribution in [3.63, 3.8) is 0 Å². The first-order valence-electron chi connectivity index (χ1n) is 11.5. The molecular weight excluding hydrogens is 370 g/mol.